The van der Waals surface area contributed by atoms with Gasteiger partial charge in [0, 0.05) is 0 Å². The summed E-state index contributed by atoms with van der Waals surface area (Å²) in [6.45, 7) is 1.66. The molecule has 1 aliphatic rings. The lowest BCUT2D eigenvalue weighted by Crippen LogP contribution is -2.29. The highest BCUT2D eigenvalue weighted by molar-refractivity contribution is 7.89. The van der Waals surface area contributed by atoms with Crippen LogP contribution >= 0.6 is 0 Å². The molecule has 0 spiro atoms. The molecular formula is C10H17N3O3S. The molecule has 1 aromatic rings. The van der Waals surface area contributed by atoms with E-state index in [0.717, 1.165) is 25.7 Å². The van der Waals surface area contributed by atoms with Crippen LogP contribution in [0.2, 0.25) is 0 Å². The Labute approximate surface area is 100 Å². The number of sulfonamides is 1. The smallest absolute Gasteiger partial charge is 0.241 e. The van der Waals surface area contributed by atoms with Crippen molar-refractivity contribution in [2.24, 2.45) is 5.14 Å². The minimum atomic E-state index is -3.73. The van der Waals surface area contributed by atoms with E-state index in [-0.39, 0.29) is 10.9 Å². The quantitative estimate of drug-likeness (QED) is 0.798. The van der Waals surface area contributed by atoms with Gasteiger partial charge in [-0.1, -0.05) is 12.8 Å². The molecule has 2 unspecified atom stereocenters. The SMILES string of the molecule is Cc1c(S(N)(=O)=O)cnn1C1CCCCC1O. The molecular weight excluding hydrogens is 242 g/mol. The zero-order chi connectivity index (χ0) is 12.6. The lowest BCUT2D eigenvalue weighted by Gasteiger charge is -2.28. The van der Waals surface area contributed by atoms with E-state index in [1.54, 1.807) is 11.6 Å². The van der Waals surface area contributed by atoms with Gasteiger partial charge in [0.05, 0.1) is 24.0 Å². The Morgan fingerprint density at radius 1 is 1.47 bits per heavy atom. The monoisotopic (exact) mass is 259 g/mol. The molecule has 0 saturated heterocycles. The minimum Gasteiger partial charge on any atom is -0.391 e. The molecule has 1 saturated carbocycles. The van der Waals surface area contributed by atoms with Crippen LogP contribution < -0.4 is 5.14 Å². The molecule has 0 radical (unpaired) electrons. The summed E-state index contributed by atoms with van der Waals surface area (Å²) in [5.74, 6) is 0. The van der Waals surface area contributed by atoms with Crippen molar-refractivity contribution in [1.82, 2.24) is 9.78 Å². The first-order valence-corrected chi connectivity index (χ1v) is 7.21. The average molecular weight is 259 g/mol. The standard InChI is InChI=1S/C10H17N3O3S/c1-7-10(17(11,15)16)6-12-13(7)8-4-2-3-5-9(8)14/h6,8-9,14H,2-5H2,1H3,(H2,11,15,16). The Kier molecular flexibility index (Phi) is 3.24. The molecule has 1 heterocycles. The molecule has 1 aliphatic carbocycles. The third-order valence-corrected chi connectivity index (χ3v) is 4.33. The van der Waals surface area contributed by atoms with Crippen LogP contribution in [0.25, 0.3) is 0 Å². The first kappa shape index (κ1) is 12.5. The first-order chi connectivity index (χ1) is 7.91. The zero-order valence-corrected chi connectivity index (χ0v) is 10.5. The maximum absolute atomic E-state index is 11.3. The summed E-state index contributed by atoms with van der Waals surface area (Å²) < 4.78 is 24.2. The summed E-state index contributed by atoms with van der Waals surface area (Å²) in [6, 6.07) is -0.140. The second kappa shape index (κ2) is 4.40. The van der Waals surface area contributed by atoms with Gasteiger partial charge in [0.15, 0.2) is 0 Å². The minimum absolute atomic E-state index is 0.0373. The molecule has 1 aromatic heterocycles. The Hall–Kier alpha value is -0.920. The molecule has 96 valence electrons. The van der Waals surface area contributed by atoms with Gasteiger partial charge in [-0.05, 0) is 19.8 Å². The van der Waals surface area contributed by atoms with Crippen molar-refractivity contribution in [3.05, 3.63) is 11.9 Å². The van der Waals surface area contributed by atoms with E-state index >= 15 is 0 Å². The number of nitrogens with zero attached hydrogens (tertiary/aromatic N) is 2. The second-order valence-corrected chi connectivity index (χ2v) is 6.03. The third-order valence-electron chi connectivity index (χ3n) is 3.31. The molecule has 1 fully saturated rings. The highest BCUT2D eigenvalue weighted by Gasteiger charge is 2.28. The van der Waals surface area contributed by atoms with E-state index in [0.29, 0.717) is 5.69 Å². The zero-order valence-electron chi connectivity index (χ0n) is 9.70. The first-order valence-electron chi connectivity index (χ1n) is 5.66. The Morgan fingerprint density at radius 3 is 2.65 bits per heavy atom. The Balaban J connectivity index is 2.37. The number of hydrogen-bond acceptors (Lipinski definition) is 4. The summed E-state index contributed by atoms with van der Waals surface area (Å²) in [5.41, 5.74) is 0.499. The number of nitrogens with two attached hydrogens (primary N) is 1. The Bertz CT molecular complexity index is 509. The van der Waals surface area contributed by atoms with Crippen LogP contribution in [0.5, 0.6) is 0 Å². The van der Waals surface area contributed by atoms with Crippen LogP contribution in [0, 0.1) is 6.92 Å². The van der Waals surface area contributed by atoms with Crippen molar-refractivity contribution in [2.45, 2.75) is 49.6 Å². The molecule has 3 N–H and O–H groups in total. The summed E-state index contributed by atoms with van der Waals surface area (Å²) in [4.78, 5) is 0.0373. The lowest BCUT2D eigenvalue weighted by molar-refractivity contribution is 0.0682. The number of aromatic nitrogens is 2. The van der Waals surface area contributed by atoms with Crippen molar-refractivity contribution in [1.29, 1.82) is 0 Å². The predicted octanol–water partition coefficient (Wildman–Crippen LogP) is 0.315. The normalized spacial score (nSPS) is 26.1. The van der Waals surface area contributed by atoms with Gasteiger partial charge in [-0.3, -0.25) is 4.68 Å². The van der Waals surface area contributed by atoms with Crippen molar-refractivity contribution in [3.63, 3.8) is 0 Å². The molecule has 0 aromatic carbocycles. The Morgan fingerprint density at radius 2 is 2.12 bits per heavy atom. The van der Waals surface area contributed by atoms with E-state index < -0.39 is 16.1 Å². The van der Waals surface area contributed by atoms with Gasteiger partial charge in [0.2, 0.25) is 10.0 Å². The van der Waals surface area contributed by atoms with Crippen LogP contribution in [0.4, 0.5) is 0 Å². The van der Waals surface area contributed by atoms with Crippen molar-refractivity contribution < 1.29 is 13.5 Å². The molecule has 6 nitrogen and oxygen atoms in total. The largest absolute Gasteiger partial charge is 0.391 e. The van der Waals surface area contributed by atoms with Crippen LogP contribution in [0.3, 0.4) is 0 Å². The molecule has 0 amide bonds. The summed E-state index contributed by atoms with van der Waals surface area (Å²) >= 11 is 0. The van der Waals surface area contributed by atoms with Crippen LogP contribution in [0.15, 0.2) is 11.1 Å². The molecule has 2 rings (SSSR count). The van der Waals surface area contributed by atoms with Gasteiger partial charge in [-0.25, -0.2) is 13.6 Å². The number of rotatable bonds is 2. The van der Waals surface area contributed by atoms with E-state index in [1.165, 1.54) is 6.20 Å². The topological polar surface area (TPSA) is 98.2 Å². The highest BCUT2D eigenvalue weighted by Crippen LogP contribution is 2.30. The number of hydrogen-bond donors (Lipinski definition) is 2. The number of primary sulfonamides is 1. The summed E-state index contributed by atoms with van der Waals surface area (Å²) in [5, 5.41) is 19.1. The predicted molar refractivity (Wildman–Crippen MR) is 61.8 cm³/mol. The van der Waals surface area contributed by atoms with Gasteiger partial charge in [0.25, 0.3) is 0 Å². The van der Waals surface area contributed by atoms with E-state index in [4.69, 9.17) is 5.14 Å². The maximum Gasteiger partial charge on any atom is 0.241 e. The molecule has 0 aliphatic heterocycles. The third kappa shape index (κ3) is 2.36. The van der Waals surface area contributed by atoms with Gasteiger partial charge >= 0.3 is 0 Å². The summed E-state index contributed by atoms with van der Waals surface area (Å²) in [6.07, 6.45) is 4.36. The van der Waals surface area contributed by atoms with Crippen molar-refractivity contribution in [3.8, 4) is 0 Å². The average Bonchev–Trinajstić information content (AvgIpc) is 2.60. The maximum atomic E-state index is 11.3. The summed E-state index contributed by atoms with van der Waals surface area (Å²) in [7, 11) is -3.73. The molecule has 0 bridgehead atoms. The van der Waals surface area contributed by atoms with Crippen molar-refractivity contribution >= 4 is 10.0 Å². The fraction of sp³-hybridized carbons (Fsp3) is 0.700. The second-order valence-electron chi connectivity index (χ2n) is 4.50. The van der Waals surface area contributed by atoms with E-state index in [2.05, 4.69) is 5.10 Å². The van der Waals surface area contributed by atoms with Gasteiger partial charge in [-0.2, -0.15) is 5.10 Å². The highest BCUT2D eigenvalue weighted by atomic mass is 32.2. The fourth-order valence-corrected chi connectivity index (χ4v) is 3.10. The molecule has 2 atom stereocenters. The van der Waals surface area contributed by atoms with Gasteiger partial charge in [0.1, 0.15) is 4.90 Å². The van der Waals surface area contributed by atoms with Crippen molar-refractivity contribution in [2.75, 3.05) is 0 Å². The fourth-order valence-electron chi connectivity index (χ4n) is 2.40. The van der Waals surface area contributed by atoms with E-state index in [9.17, 15) is 13.5 Å². The van der Waals surface area contributed by atoms with E-state index in [1.807, 2.05) is 0 Å². The van der Waals surface area contributed by atoms with Crippen LogP contribution in [0.1, 0.15) is 37.4 Å². The van der Waals surface area contributed by atoms with Crippen LogP contribution in [-0.2, 0) is 10.0 Å². The molecule has 7 heteroatoms. The number of aliphatic hydroxyl groups is 1. The van der Waals surface area contributed by atoms with Crippen LogP contribution in [-0.4, -0.2) is 29.4 Å². The van der Waals surface area contributed by atoms with Gasteiger partial charge in [-0.15, -0.1) is 0 Å². The number of aliphatic hydroxyl groups excluding tert-OH is 1. The molecule has 17 heavy (non-hydrogen) atoms. The van der Waals surface area contributed by atoms with Gasteiger partial charge < -0.3 is 5.11 Å². The lowest BCUT2D eigenvalue weighted by atomic mass is 9.92.